The summed E-state index contributed by atoms with van der Waals surface area (Å²) in [6.45, 7) is 3.92. The first-order valence-electron chi connectivity index (χ1n) is 6.18. The third-order valence-corrected chi connectivity index (χ3v) is 4.55. The molecule has 0 radical (unpaired) electrons. The maximum Gasteiger partial charge on any atom is 0.261 e. The Labute approximate surface area is 110 Å². The number of rotatable bonds is 2. The number of fused-ring (bicyclic) bond motifs is 1. The van der Waals surface area contributed by atoms with Crippen molar-refractivity contribution in [1.82, 2.24) is 10.6 Å². The van der Waals surface area contributed by atoms with Crippen molar-refractivity contribution in [3.05, 3.63) is 35.2 Å². The molecule has 0 bridgehead atoms. The van der Waals surface area contributed by atoms with E-state index >= 15 is 0 Å². The molecule has 0 aliphatic carbocycles. The Morgan fingerprint density at radius 3 is 3.00 bits per heavy atom. The molecule has 0 saturated carbocycles. The predicted octanol–water partition coefficient (Wildman–Crippen LogP) is 2.38. The molecule has 1 amide bonds. The molecule has 2 N–H and O–H groups in total. The number of thiophene rings is 1. The zero-order valence-corrected chi connectivity index (χ0v) is 11.1. The van der Waals surface area contributed by atoms with Crippen molar-refractivity contribution in [3.8, 4) is 0 Å². The molecule has 1 unspecified atom stereocenters. The van der Waals surface area contributed by atoms with E-state index in [1.807, 2.05) is 24.3 Å². The highest BCUT2D eigenvalue weighted by molar-refractivity contribution is 7.20. The van der Waals surface area contributed by atoms with Gasteiger partial charge in [-0.25, -0.2) is 0 Å². The molecular formula is C14H16N2OS. The topological polar surface area (TPSA) is 41.1 Å². The summed E-state index contributed by atoms with van der Waals surface area (Å²) in [7, 11) is 0. The standard InChI is InChI=1S/C14H16N2OS/c1-14(6-7-15-9-14)16-13(17)12-8-10-4-2-3-5-11(10)18-12/h2-5,8,15H,6-7,9H2,1H3,(H,16,17). The number of nitrogens with one attached hydrogen (secondary N) is 2. The molecule has 1 aromatic carbocycles. The van der Waals surface area contributed by atoms with Gasteiger partial charge in [0.2, 0.25) is 0 Å². The van der Waals surface area contributed by atoms with Gasteiger partial charge in [0, 0.05) is 11.2 Å². The first kappa shape index (κ1) is 11.7. The summed E-state index contributed by atoms with van der Waals surface area (Å²) in [5.74, 6) is 0.0439. The summed E-state index contributed by atoms with van der Waals surface area (Å²) in [5, 5.41) is 7.57. The number of carbonyl (C=O) groups excluding carboxylic acids is 1. The molecule has 3 rings (SSSR count). The number of amides is 1. The highest BCUT2D eigenvalue weighted by atomic mass is 32.1. The van der Waals surface area contributed by atoms with Crippen molar-refractivity contribution in [1.29, 1.82) is 0 Å². The fourth-order valence-corrected chi connectivity index (χ4v) is 3.31. The first-order valence-corrected chi connectivity index (χ1v) is 7.00. The van der Waals surface area contributed by atoms with E-state index in [0.717, 1.165) is 34.5 Å². The molecule has 1 aromatic heterocycles. The van der Waals surface area contributed by atoms with Crippen LogP contribution < -0.4 is 10.6 Å². The minimum Gasteiger partial charge on any atom is -0.345 e. The Morgan fingerprint density at radius 2 is 2.28 bits per heavy atom. The van der Waals surface area contributed by atoms with Gasteiger partial charge in [-0.05, 0) is 37.4 Å². The SMILES string of the molecule is CC1(NC(=O)c2cc3ccccc3s2)CCNC1. The van der Waals surface area contributed by atoms with Gasteiger partial charge in [-0.15, -0.1) is 11.3 Å². The molecule has 1 fully saturated rings. The average molecular weight is 260 g/mol. The zero-order valence-electron chi connectivity index (χ0n) is 10.3. The molecule has 1 atom stereocenters. The molecule has 1 aliphatic heterocycles. The van der Waals surface area contributed by atoms with E-state index in [0.29, 0.717) is 0 Å². The summed E-state index contributed by atoms with van der Waals surface area (Å²) >= 11 is 1.56. The molecule has 1 aliphatic rings. The van der Waals surface area contributed by atoms with Crippen LogP contribution in [0.5, 0.6) is 0 Å². The van der Waals surface area contributed by atoms with Crippen LogP contribution in [0.1, 0.15) is 23.0 Å². The predicted molar refractivity (Wildman–Crippen MR) is 75.2 cm³/mol. The van der Waals surface area contributed by atoms with Crippen molar-refractivity contribution in [2.45, 2.75) is 18.9 Å². The fraction of sp³-hybridized carbons (Fsp3) is 0.357. The molecule has 18 heavy (non-hydrogen) atoms. The van der Waals surface area contributed by atoms with Gasteiger partial charge in [-0.1, -0.05) is 18.2 Å². The smallest absolute Gasteiger partial charge is 0.261 e. The number of hydrogen-bond acceptors (Lipinski definition) is 3. The first-order chi connectivity index (χ1) is 8.66. The van der Waals surface area contributed by atoms with Gasteiger partial charge in [-0.2, -0.15) is 0 Å². The zero-order chi connectivity index (χ0) is 12.6. The molecule has 2 heterocycles. The van der Waals surface area contributed by atoms with Crippen LogP contribution >= 0.6 is 11.3 Å². The van der Waals surface area contributed by atoms with Gasteiger partial charge in [0.1, 0.15) is 0 Å². The Balaban J connectivity index is 1.83. The van der Waals surface area contributed by atoms with E-state index in [2.05, 4.69) is 23.6 Å². The second-order valence-corrected chi connectivity index (χ2v) is 6.17. The molecule has 1 saturated heterocycles. The lowest BCUT2D eigenvalue weighted by Gasteiger charge is -2.23. The van der Waals surface area contributed by atoms with Crippen LogP contribution in [0.2, 0.25) is 0 Å². The Morgan fingerprint density at radius 1 is 1.44 bits per heavy atom. The van der Waals surface area contributed by atoms with Gasteiger partial charge in [0.25, 0.3) is 5.91 Å². The van der Waals surface area contributed by atoms with Crippen LogP contribution in [0, 0.1) is 0 Å². The summed E-state index contributed by atoms with van der Waals surface area (Å²) in [4.78, 5) is 13.0. The molecule has 3 nitrogen and oxygen atoms in total. The summed E-state index contributed by atoms with van der Waals surface area (Å²) < 4.78 is 1.16. The number of hydrogen-bond donors (Lipinski definition) is 2. The van der Waals surface area contributed by atoms with Crippen molar-refractivity contribution < 1.29 is 4.79 Å². The Hall–Kier alpha value is -1.39. The molecule has 4 heteroatoms. The minimum absolute atomic E-state index is 0.0439. The molecule has 2 aromatic rings. The maximum absolute atomic E-state index is 12.2. The van der Waals surface area contributed by atoms with Crippen molar-refractivity contribution >= 4 is 27.3 Å². The highest BCUT2D eigenvalue weighted by Crippen LogP contribution is 2.26. The lowest BCUT2D eigenvalue weighted by Crippen LogP contribution is -2.47. The van der Waals surface area contributed by atoms with Crippen molar-refractivity contribution in [2.75, 3.05) is 13.1 Å². The summed E-state index contributed by atoms with van der Waals surface area (Å²) in [5.41, 5.74) is -0.104. The Kier molecular flexibility index (Phi) is 2.84. The van der Waals surface area contributed by atoms with Crippen LogP contribution in [0.3, 0.4) is 0 Å². The van der Waals surface area contributed by atoms with Gasteiger partial charge < -0.3 is 10.6 Å². The van der Waals surface area contributed by atoms with Crippen LogP contribution in [-0.2, 0) is 0 Å². The molecular weight excluding hydrogens is 244 g/mol. The third kappa shape index (κ3) is 2.13. The average Bonchev–Trinajstić information content (AvgIpc) is 2.95. The van der Waals surface area contributed by atoms with Crippen LogP contribution in [0.25, 0.3) is 10.1 Å². The maximum atomic E-state index is 12.2. The lowest BCUT2D eigenvalue weighted by molar-refractivity contribution is 0.0917. The van der Waals surface area contributed by atoms with E-state index in [1.54, 1.807) is 11.3 Å². The summed E-state index contributed by atoms with van der Waals surface area (Å²) in [6.07, 6.45) is 0.990. The summed E-state index contributed by atoms with van der Waals surface area (Å²) in [6, 6.07) is 10.1. The van der Waals surface area contributed by atoms with E-state index in [1.165, 1.54) is 0 Å². The number of benzene rings is 1. The minimum atomic E-state index is -0.104. The lowest BCUT2D eigenvalue weighted by atomic mass is 10.0. The Bertz CT molecular complexity index is 551. The van der Waals surface area contributed by atoms with E-state index < -0.39 is 0 Å². The number of carbonyl (C=O) groups is 1. The van der Waals surface area contributed by atoms with Crippen LogP contribution in [0.4, 0.5) is 0 Å². The van der Waals surface area contributed by atoms with E-state index in [9.17, 15) is 4.79 Å². The highest BCUT2D eigenvalue weighted by Gasteiger charge is 2.30. The fourth-order valence-electron chi connectivity index (χ4n) is 2.35. The van der Waals surface area contributed by atoms with E-state index in [4.69, 9.17) is 0 Å². The van der Waals surface area contributed by atoms with Gasteiger partial charge >= 0.3 is 0 Å². The second kappa shape index (κ2) is 4.37. The third-order valence-electron chi connectivity index (χ3n) is 3.43. The quantitative estimate of drug-likeness (QED) is 0.870. The largest absolute Gasteiger partial charge is 0.345 e. The van der Waals surface area contributed by atoms with Crippen molar-refractivity contribution in [3.63, 3.8) is 0 Å². The molecule has 94 valence electrons. The second-order valence-electron chi connectivity index (χ2n) is 5.09. The van der Waals surface area contributed by atoms with Crippen LogP contribution in [-0.4, -0.2) is 24.5 Å². The van der Waals surface area contributed by atoms with Gasteiger partial charge in [0.05, 0.1) is 10.4 Å². The van der Waals surface area contributed by atoms with Gasteiger partial charge in [-0.3, -0.25) is 4.79 Å². The molecule has 0 spiro atoms. The monoisotopic (exact) mass is 260 g/mol. The van der Waals surface area contributed by atoms with E-state index in [-0.39, 0.29) is 11.4 Å². The van der Waals surface area contributed by atoms with Crippen LogP contribution in [0.15, 0.2) is 30.3 Å². The normalized spacial score (nSPS) is 23.4. The van der Waals surface area contributed by atoms with Crippen molar-refractivity contribution in [2.24, 2.45) is 0 Å². The van der Waals surface area contributed by atoms with Gasteiger partial charge in [0.15, 0.2) is 0 Å².